The first-order chi connectivity index (χ1) is 10.5. The summed E-state index contributed by atoms with van der Waals surface area (Å²) in [6.07, 6.45) is 1.61. The smallest absolute Gasteiger partial charge is 0.328 e. The van der Waals surface area contributed by atoms with Crippen molar-refractivity contribution in [2.24, 2.45) is 0 Å². The lowest BCUT2D eigenvalue weighted by atomic mass is 10.2. The number of thioether (sulfide) groups is 1. The van der Waals surface area contributed by atoms with Gasteiger partial charge in [-0.2, -0.15) is 0 Å². The molecule has 116 valence electrons. The van der Waals surface area contributed by atoms with Crippen LogP contribution in [0, 0.1) is 0 Å². The molecule has 6 nitrogen and oxygen atoms in total. The normalized spacial score (nSPS) is 17.8. The largest absolute Gasteiger partial charge is 0.497 e. The van der Waals surface area contributed by atoms with Crippen LogP contribution in [-0.2, 0) is 14.3 Å². The minimum absolute atomic E-state index is 0.269. The predicted molar refractivity (Wildman–Crippen MR) is 82.3 cm³/mol. The Kier molecular flexibility index (Phi) is 4.87. The third-order valence-corrected chi connectivity index (χ3v) is 4.05. The predicted octanol–water partition coefficient (Wildman–Crippen LogP) is 2.29. The summed E-state index contributed by atoms with van der Waals surface area (Å²) in [7, 11) is 2.78. The molecule has 7 heteroatoms. The number of ether oxygens (including phenoxy) is 2. The molecule has 22 heavy (non-hydrogen) atoms. The van der Waals surface area contributed by atoms with Crippen molar-refractivity contribution in [3.05, 3.63) is 34.7 Å². The Morgan fingerprint density at radius 2 is 1.86 bits per heavy atom. The molecule has 1 aromatic carbocycles. The Morgan fingerprint density at radius 3 is 2.41 bits per heavy atom. The summed E-state index contributed by atoms with van der Waals surface area (Å²) in [5.41, 5.74) is 0.761. The first-order valence-electron chi connectivity index (χ1n) is 6.47. The van der Waals surface area contributed by atoms with Gasteiger partial charge in [-0.15, -0.1) is 0 Å². The maximum atomic E-state index is 12.3. The van der Waals surface area contributed by atoms with Crippen molar-refractivity contribution >= 4 is 35.0 Å². The Hall–Kier alpha value is -2.28. The number of imide groups is 1. The number of amides is 2. The molecule has 0 N–H and O–H groups in total. The van der Waals surface area contributed by atoms with Gasteiger partial charge in [-0.05, 0) is 42.5 Å². The van der Waals surface area contributed by atoms with E-state index in [9.17, 15) is 14.4 Å². The zero-order valence-corrected chi connectivity index (χ0v) is 13.2. The quantitative estimate of drug-likeness (QED) is 0.626. The van der Waals surface area contributed by atoms with Gasteiger partial charge in [-0.1, -0.05) is 12.1 Å². The van der Waals surface area contributed by atoms with E-state index in [1.165, 1.54) is 14.0 Å². The van der Waals surface area contributed by atoms with Crippen LogP contribution in [0.25, 0.3) is 6.08 Å². The number of esters is 1. The summed E-state index contributed by atoms with van der Waals surface area (Å²) in [4.78, 5) is 36.9. The van der Waals surface area contributed by atoms with E-state index in [1.807, 2.05) is 0 Å². The summed E-state index contributed by atoms with van der Waals surface area (Å²) in [6.45, 7) is 1.46. The van der Waals surface area contributed by atoms with Crippen LogP contribution < -0.4 is 4.74 Å². The lowest BCUT2D eigenvalue weighted by Crippen LogP contribution is -2.42. The minimum atomic E-state index is -0.945. The van der Waals surface area contributed by atoms with Gasteiger partial charge in [0.25, 0.3) is 11.1 Å². The molecule has 0 bridgehead atoms. The van der Waals surface area contributed by atoms with Crippen LogP contribution in [0.5, 0.6) is 5.75 Å². The van der Waals surface area contributed by atoms with Crippen LogP contribution in [0.3, 0.4) is 0 Å². The Labute approximate surface area is 132 Å². The van der Waals surface area contributed by atoms with E-state index in [2.05, 4.69) is 4.74 Å². The zero-order valence-electron chi connectivity index (χ0n) is 12.4. The molecule has 1 heterocycles. The van der Waals surface area contributed by atoms with E-state index in [0.29, 0.717) is 5.75 Å². The molecule has 0 spiro atoms. The lowest BCUT2D eigenvalue weighted by molar-refractivity contribution is -0.148. The van der Waals surface area contributed by atoms with Gasteiger partial charge in [0.05, 0.1) is 19.1 Å². The highest BCUT2D eigenvalue weighted by molar-refractivity contribution is 8.18. The zero-order chi connectivity index (χ0) is 16.3. The van der Waals surface area contributed by atoms with Crippen LogP contribution in [0.15, 0.2) is 29.2 Å². The standard InChI is InChI=1S/C15H15NO5S/c1-9(14(18)21-3)16-13(17)12(22-15(16)19)8-10-4-6-11(20-2)7-5-10/h4-9H,1-3H3/b12-8+/t9-/m0/s1. The van der Waals surface area contributed by atoms with Crippen LogP contribution >= 0.6 is 11.8 Å². The second kappa shape index (κ2) is 6.65. The summed E-state index contributed by atoms with van der Waals surface area (Å²) in [5.74, 6) is -0.429. The van der Waals surface area contributed by atoms with Gasteiger partial charge in [0.1, 0.15) is 11.8 Å². The van der Waals surface area contributed by atoms with Crippen molar-refractivity contribution in [1.29, 1.82) is 0 Å². The number of hydrogen-bond donors (Lipinski definition) is 0. The fourth-order valence-electron chi connectivity index (χ4n) is 1.94. The van der Waals surface area contributed by atoms with Gasteiger partial charge >= 0.3 is 5.97 Å². The molecule has 0 saturated carbocycles. The molecule has 1 fully saturated rings. The fourth-order valence-corrected chi connectivity index (χ4v) is 2.85. The van der Waals surface area contributed by atoms with Crippen molar-refractivity contribution in [3.8, 4) is 5.75 Å². The van der Waals surface area contributed by atoms with Crippen LogP contribution in [-0.4, -0.2) is 42.3 Å². The van der Waals surface area contributed by atoms with E-state index in [-0.39, 0.29) is 4.91 Å². The fraction of sp³-hybridized carbons (Fsp3) is 0.267. The van der Waals surface area contributed by atoms with Gasteiger partial charge < -0.3 is 9.47 Å². The van der Waals surface area contributed by atoms with Crippen molar-refractivity contribution in [3.63, 3.8) is 0 Å². The number of benzene rings is 1. The number of hydrogen-bond acceptors (Lipinski definition) is 6. The highest BCUT2D eigenvalue weighted by Gasteiger charge is 2.41. The SMILES string of the molecule is COC(=O)[C@H](C)N1C(=O)S/C(=C/c2ccc(OC)cc2)C1=O. The van der Waals surface area contributed by atoms with Crippen LogP contribution in [0.2, 0.25) is 0 Å². The number of rotatable bonds is 4. The molecule has 1 aromatic rings. The Balaban J connectivity index is 2.23. The Morgan fingerprint density at radius 1 is 1.23 bits per heavy atom. The average molecular weight is 321 g/mol. The van der Waals surface area contributed by atoms with Gasteiger partial charge in [-0.3, -0.25) is 14.5 Å². The lowest BCUT2D eigenvalue weighted by Gasteiger charge is -2.18. The number of carbonyl (C=O) groups excluding carboxylic acids is 3. The molecule has 0 aliphatic carbocycles. The number of carbonyl (C=O) groups is 3. The van der Waals surface area contributed by atoms with E-state index >= 15 is 0 Å². The summed E-state index contributed by atoms with van der Waals surface area (Å²) >= 11 is 0.802. The van der Waals surface area contributed by atoms with Gasteiger partial charge in [-0.25, -0.2) is 4.79 Å². The molecular weight excluding hydrogens is 306 g/mol. The van der Waals surface area contributed by atoms with E-state index in [4.69, 9.17) is 4.74 Å². The molecule has 2 rings (SSSR count). The number of methoxy groups -OCH3 is 2. The van der Waals surface area contributed by atoms with E-state index in [0.717, 1.165) is 22.2 Å². The minimum Gasteiger partial charge on any atom is -0.497 e. The maximum Gasteiger partial charge on any atom is 0.328 e. The topological polar surface area (TPSA) is 72.9 Å². The molecule has 0 radical (unpaired) electrons. The second-order valence-corrected chi connectivity index (χ2v) is 5.52. The summed E-state index contributed by atoms with van der Waals surface area (Å²) in [5, 5.41) is -0.484. The second-order valence-electron chi connectivity index (χ2n) is 4.52. The monoisotopic (exact) mass is 321 g/mol. The Bertz CT molecular complexity index is 638. The molecule has 1 atom stereocenters. The third-order valence-electron chi connectivity index (χ3n) is 3.17. The maximum absolute atomic E-state index is 12.3. The molecular formula is C15H15NO5S. The highest BCUT2D eigenvalue weighted by Crippen LogP contribution is 2.33. The first kappa shape index (κ1) is 16.1. The average Bonchev–Trinajstić information content (AvgIpc) is 2.80. The summed E-state index contributed by atoms with van der Waals surface area (Å²) < 4.78 is 9.63. The molecule has 0 aromatic heterocycles. The highest BCUT2D eigenvalue weighted by atomic mass is 32.2. The third kappa shape index (κ3) is 3.14. The van der Waals surface area contributed by atoms with Gasteiger partial charge in [0.15, 0.2) is 0 Å². The molecule has 1 aliphatic rings. The van der Waals surface area contributed by atoms with Crippen molar-refractivity contribution in [2.75, 3.05) is 14.2 Å². The van der Waals surface area contributed by atoms with Crippen molar-refractivity contribution < 1.29 is 23.9 Å². The van der Waals surface area contributed by atoms with Crippen LogP contribution in [0.4, 0.5) is 4.79 Å². The van der Waals surface area contributed by atoms with Crippen molar-refractivity contribution in [2.45, 2.75) is 13.0 Å². The molecule has 1 aliphatic heterocycles. The molecule has 0 unspecified atom stereocenters. The number of nitrogens with zero attached hydrogens (tertiary/aromatic N) is 1. The van der Waals surface area contributed by atoms with Gasteiger partial charge in [0, 0.05) is 0 Å². The molecule has 2 amide bonds. The summed E-state index contributed by atoms with van der Waals surface area (Å²) in [6, 6.07) is 6.12. The molecule has 1 saturated heterocycles. The first-order valence-corrected chi connectivity index (χ1v) is 7.28. The van der Waals surface area contributed by atoms with Gasteiger partial charge in [0.2, 0.25) is 0 Å². The van der Waals surface area contributed by atoms with Crippen molar-refractivity contribution in [1.82, 2.24) is 4.90 Å². The van der Waals surface area contributed by atoms with E-state index in [1.54, 1.807) is 37.5 Å². The van der Waals surface area contributed by atoms with E-state index < -0.39 is 23.2 Å². The van der Waals surface area contributed by atoms with Crippen LogP contribution in [0.1, 0.15) is 12.5 Å².